The number of rotatable bonds is 5. The van der Waals surface area contributed by atoms with Gasteiger partial charge in [0.1, 0.15) is 0 Å². The first-order valence-corrected chi connectivity index (χ1v) is 6.81. The fourth-order valence-corrected chi connectivity index (χ4v) is 2.23. The molecule has 0 aromatic heterocycles. The molecular weight excluding hydrogens is 314 g/mol. The molecule has 1 saturated carbocycles. The highest BCUT2D eigenvalue weighted by molar-refractivity contribution is 6.42. The highest BCUT2D eigenvalue weighted by Crippen LogP contribution is 2.30. The molecule has 0 aliphatic heterocycles. The van der Waals surface area contributed by atoms with E-state index in [9.17, 15) is 18.0 Å². The Labute approximate surface area is 124 Å². The fraction of sp³-hybridized carbons (Fsp3) is 0.462. The molecular formula is C13H12Cl2F3NO. The van der Waals surface area contributed by atoms with E-state index >= 15 is 0 Å². The minimum absolute atomic E-state index is 0.150. The number of Topliss-reactive ketones (excluding diaryl/α,β-unsaturated/α-hetero) is 1. The molecule has 1 aromatic carbocycles. The van der Waals surface area contributed by atoms with E-state index in [1.165, 1.54) is 23.1 Å². The van der Waals surface area contributed by atoms with Crippen molar-refractivity contribution < 1.29 is 18.0 Å². The van der Waals surface area contributed by atoms with Crippen molar-refractivity contribution in [3.05, 3.63) is 33.8 Å². The van der Waals surface area contributed by atoms with Crippen molar-refractivity contribution in [3.63, 3.8) is 0 Å². The molecule has 1 aliphatic rings. The fourth-order valence-electron chi connectivity index (χ4n) is 1.93. The van der Waals surface area contributed by atoms with Gasteiger partial charge in [-0.1, -0.05) is 23.2 Å². The Kier molecular flexibility index (Phi) is 4.62. The van der Waals surface area contributed by atoms with Gasteiger partial charge in [-0.05, 0) is 31.0 Å². The number of ketones is 1. The molecule has 7 heteroatoms. The van der Waals surface area contributed by atoms with E-state index in [0.717, 1.165) is 0 Å². The second-order valence-electron chi connectivity index (χ2n) is 4.80. The summed E-state index contributed by atoms with van der Waals surface area (Å²) in [6.45, 7) is -1.33. The van der Waals surface area contributed by atoms with Gasteiger partial charge in [0.15, 0.2) is 5.78 Å². The van der Waals surface area contributed by atoms with Gasteiger partial charge in [-0.2, -0.15) is 13.2 Å². The summed E-state index contributed by atoms with van der Waals surface area (Å²) in [6.07, 6.45) is -2.91. The topological polar surface area (TPSA) is 20.3 Å². The van der Waals surface area contributed by atoms with E-state index < -0.39 is 12.7 Å². The molecule has 0 unspecified atom stereocenters. The lowest BCUT2D eigenvalue weighted by Crippen LogP contribution is -2.39. The van der Waals surface area contributed by atoms with Gasteiger partial charge in [0.2, 0.25) is 0 Å². The molecule has 0 spiro atoms. The van der Waals surface area contributed by atoms with Gasteiger partial charge < -0.3 is 0 Å². The molecule has 0 atom stereocenters. The van der Waals surface area contributed by atoms with E-state index in [1.54, 1.807) is 0 Å². The van der Waals surface area contributed by atoms with Crippen molar-refractivity contribution in [2.24, 2.45) is 0 Å². The molecule has 2 nitrogen and oxygen atoms in total. The minimum atomic E-state index is -4.31. The van der Waals surface area contributed by atoms with Crippen LogP contribution >= 0.6 is 23.2 Å². The molecule has 0 radical (unpaired) electrons. The van der Waals surface area contributed by atoms with Gasteiger partial charge in [-0.25, -0.2) is 0 Å². The molecule has 0 saturated heterocycles. The van der Waals surface area contributed by atoms with E-state index in [4.69, 9.17) is 23.2 Å². The Balaban J connectivity index is 2.06. The SMILES string of the molecule is O=C(CN(CC(F)(F)F)C1CC1)c1ccc(Cl)c(Cl)c1. The molecule has 20 heavy (non-hydrogen) atoms. The van der Waals surface area contributed by atoms with Gasteiger partial charge in [0, 0.05) is 11.6 Å². The van der Waals surface area contributed by atoms with Crippen molar-refractivity contribution >= 4 is 29.0 Å². The lowest BCUT2D eigenvalue weighted by molar-refractivity contribution is -0.145. The Bertz CT molecular complexity index is 515. The summed E-state index contributed by atoms with van der Waals surface area (Å²) in [4.78, 5) is 13.2. The van der Waals surface area contributed by atoms with Crippen molar-refractivity contribution in [3.8, 4) is 0 Å². The predicted molar refractivity (Wildman–Crippen MR) is 71.4 cm³/mol. The van der Waals surface area contributed by atoms with Crippen LogP contribution < -0.4 is 0 Å². The molecule has 1 aliphatic carbocycles. The lowest BCUT2D eigenvalue weighted by atomic mass is 10.1. The van der Waals surface area contributed by atoms with Crippen molar-refractivity contribution in [2.75, 3.05) is 13.1 Å². The van der Waals surface area contributed by atoms with Crippen LogP contribution in [0.1, 0.15) is 23.2 Å². The third-order valence-corrected chi connectivity index (χ3v) is 3.77. The Morgan fingerprint density at radius 2 is 1.90 bits per heavy atom. The van der Waals surface area contributed by atoms with E-state index in [0.29, 0.717) is 17.9 Å². The first kappa shape index (κ1) is 15.6. The van der Waals surface area contributed by atoms with Gasteiger partial charge in [-0.15, -0.1) is 0 Å². The average molecular weight is 326 g/mol. The molecule has 0 heterocycles. The number of hydrogen-bond acceptors (Lipinski definition) is 2. The van der Waals surface area contributed by atoms with Gasteiger partial charge in [0.25, 0.3) is 0 Å². The Hall–Kier alpha value is -0.780. The summed E-state index contributed by atoms with van der Waals surface area (Å²) in [5, 5.41) is 0.517. The monoisotopic (exact) mass is 325 g/mol. The summed E-state index contributed by atoms with van der Waals surface area (Å²) >= 11 is 11.5. The van der Waals surface area contributed by atoms with Crippen LogP contribution in [0.4, 0.5) is 13.2 Å². The number of nitrogens with zero attached hydrogens (tertiary/aromatic N) is 1. The normalized spacial score (nSPS) is 15.7. The highest BCUT2D eigenvalue weighted by Gasteiger charge is 2.38. The Morgan fingerprint density at radius 3 is 2.40 bits per heavy atom. The van der Waals surface area contributed by atoms with E-state index in [-0.39, 0.29) is 29.0 Å². The number of hydrogen-bond donors (Lipinski definition) is 0. The molecule has 0 bridgehead atoms. The number of benzene rings is 1. The largest absolute Gasteiger partial charge is 0.401 e. The maximum atomic E-state index is 12.5. The first-order valence-electron chi connectivity index (χ1n) is 6.05. The lowest BCUT2D eigenvalue weighted by Gasteiger charge is -2.22. The molecule has 1 aromatic rings. The van der Waals surface area contributed by atoms with Crippen molar-refractivity contribution in [1.29, 1.82) is 0 Å². The summed E-state index contributed by atoms with van der Waals surface area (Å²) in [5.41, 5.74) is 0.271. The maximum Gasteiger partial charge on any atom is 0.401 e. The number of carbonyl (C=O) groups excluding carboxylic acids is 1. The smallest absolute Gasteiger partial charge is 0.293 e. The van der Waals surface area contributed by atoms with Crippen LogP contribution in [-0.2, 0) is 0 Å². The van der Waals surface area contributed by atoms with Crippen LogP contribution in [0.15, 0.2) is 18.2 Å². The highest BCUT2D eigenvalue weighted by atomic mass is 35.5. The zero-order chi connectivity index (χ0) is 14.9. The second-order valence-corrected chi connectivity index (χ2v) is 5.62. The van der Waals surface area contributed by atoms with Crippen LogP contribution in [-0.4, -0.2) is 36.0 Å². The van der Waals surface area contributed by atoms with Crippen LogP contribution in [0.25, 0.3) is 0 Å². The van der Waals surface area contributed by atoms with E-state index in [1.807, 2.05) is 0 Å². The standard InChI is InChI=1S/C13H12Cl2F3NO/c14-10-4-1-8(5-11(10)15)12(20)6-19(9-2-3-9)7-13(16,17)18/h1,4-5,9H,2-3,6-7H2. The average Bonchev–Trinajstić information content (AvgIpc) is 3.14. The molecule has 1 fully saturated rings. The van der Waals surface area contributed by atoms with Gasteiger partial charge >= 0.3 is 6.18 Å². The minimum Gasteiger partial charge on any atom is -0.293 e. The van der Waals surface area contributed by atoms with Crippen LogP contribution in [0, 0.1) is 0 Å². The summed E-state index contributed by atoms with van der Waals surface area (Å²) in [5.74, 6) is -0.389. The molecule has 0 amide bonds. The zero-order valence-corrected chi connectivity index (χ0v) is 11.9. The third kappa shape index (κ3) is 4.36. The quantitative estimate of drug-likeness (QED) is 0.756. The zero-order valence-electron chi connectivity index (χ0n) is 10.4. The number of alkyl halides is 3. The van der Waals surface area contributed by atoms with Crippen LogP contribution in [0.3, 0.4) is 0 Å². The third-order valence-electron chi connectivity index (χ3n) is 3.03. The van der Waals surface area contributed by atoms with Crippen LogP contribution in [0.5, 0.6) is 0 Å². The van der Waals surface area contributed by atoms with Crippen LogP contribution in [0.2, 0.25) is 10.0 Å². The van der Waals surface area contributed by atoms with Crippen molar-refractivity contribution in [2.45, 2.75) is 25.1 Å². The molecule has 110 valence electrons. The summed E-state index contributed by atoms with van der Waals surface area (Å²) in [7, 11) is 0. The molecule has 0 N–H and O–H groups in total. The summed E-state index contributed by atoms with van der Waals surface area (Å²) < 4.78 is 37.4. The van der Waals surface area contributed by atoms with Gasteiger partial charge in [-0.3, -0.25) is 9.69 Å². The van der Waals surface area contributed by atoms with Crippen molar-refractivity contribution in [1.82, 2.24) is 4.90 Å². The Morgan fingerprint density at radius 1 is 1.25 bits per heavy atom. The van der Waals surface area contributed by atoms with Gasteiger partial charge in [0.05, 0.1) is 23.1 Å². The predicted octanol–water partition coefficient (Wildman–Crippen LogP) is 4.20. The number of carbonyl (C=O) groups is 1. The maximum absolute atomic E-state index is 12.5. The second kappa shape index (κ2) is 5.92. The summed E-state index contributed by atoms with van der Waals surface area (Å²) in [6, 6.07) is 4.16. The number of halogens is 5. The first-order chi connectivity index (χ1) is 9.26. The molecule has 2 rings (SSSR count). The van der Waals surface area contributed by atoms with E-state index in [2.05, 4.69) is 0 Å².